The Hall–Kier alpha value is -2.28. The van der Waals surface area contributed by atoms with Crippen LogP contribution in [0, 0.1) is 6.92 Å². The SMILES string of the molecule is Cc1csc(N=C(N)N=C(N)c2ccccn2)n1. The van der Waals surface area contributed by atoms with Crippen molar-refractivity contribution in [2.45, 2.75) is 6.92 Å². The van der Waals surface area contributed by atoms with Crippen LogP contribution >= 0.6 is 11.3 Å². The summed E-state index contributed by atoms with van der Waals surface area (Å²) < 4.78 is 0. The molecule has 4 N–H and O–H groups in total. The minimum atomic E-state index is 0.0625. The maximum Gasteiger partial charge on any atom is 0.224 e. The maximum absolute atomic E-state index is 5.76. The van der Waals surface area contributed by atoms with Crippen LogP contribution < -0.4 is 11.5 Å². The van der Waals surface area contributed by atoms with Gasteiger partial charge in [-0.15, -0.1) is 11.3 Å². The molecule has 2 aromatic heterocycles. The van der Waals surface area contributed by atoms with E-state index in [4.69, 9.17) is 11.5 Å². The normalized spacial score (nSPS) is 12.7. The number of nitrogens with zero attached hydrogens (tertiary/aromatic N) is 4. The van der Waals surface area contributed by atoms with E-state index in [2.05, 4.69) is 20.0 Å². The number of rotatable bonds is 2. The van der Waals surface area contributed by atoms with Gasteiger partial charge in [-0.3, -0.25) is 4.98 Å². The molecule has 18 heavy (non-hydrogen) atoms. The van der Waals surface area contributed by atoms with E-state index < -0.39 is 0 Å². The van der Waals surface area contributed by atoms with Gasteiger partial charge in [0.15, 0.2) is 5.84 Å². The Bertz CT molecular complexity index is 587. The van der Waals surface area contributed by atoms with Gasteiger partial charge in [0, 0.05) is 11.6 Å². The van der Waals surface area contributed by atoms with E-state index >= 15 is 0 Å². The van der Waals surface area contributed by atoms with E-state index in [1.54, 1.807) is 18.3 Å². The fraction of sp³-hybridized carbons (Fsp3) is 0.0909. The highest BCUT2D eigenvalue weighted by Crippen LogP contribution is 2.17. The molecule has 0 aliphatic heterocycles. The number of hydrogen-bond donors (Lipinski definition) is 2. The molecule has 0 atom stereocenters. The molecule has 2 aromatic rings. The van der Waals surface area contributed by atoms with Crippen LogP contribution in [0.25, 0.3) is 0 Å². The second-order valence-corrected chi connectivity index (χ2v) is 4.29. The van der Waals surface area contributed by atoms with Gasteiger partial charge in [0.25, 0.3) is 0 Å². The molecule has 0 saturated heterocycles. The van der Waals surface area contributed by atoms with E-state index in [1.807, 2.05) is 18.4 Å². The summed E-state index contributed by atoms with van der Waals surface area (Å²) in [4.78, 5) is 16.2. The number of aryl methyl sites for hydroxylation is 1. The lowest BCUT2D eigenvalue weighted by Gasteiger charge is -1.98. The molecule has 0 saturated carbocycles. The molecule has 0 aliphatic carbocycles. The van der Waals surface area contributed by atoms with E-state index in [1.165, 1.54) is 11.3 Å². The summed E-state index contributed by atoms with van der Waals surface area (Å²) in [5.74, 6) is 0.289. The molecule has 6 nitrogen and oxygen atoms in total. The van der Waals surface area contributed by atoms with Crippen LogP contribution in [-0.4, -0.2) is 21.8 Å². The minimum absolute atomic E-state index is 0.0625. The fourth-order valence-corrected chi connectivity index (χ4v) is 1.88. The summed E-state index contributed by atoms with van der Waals surface area (Å²) in [6.07, 6.45) is 1.63. The van der Waals surface area contributed by atoms with Crippen LogP contribution in [0.1, 0.15) is 11.4 Å². The number of aromatic nitrogens is 2. The highest BCUT2D eigenvalue weighted by Gasteiger charge is 2.01. The van der Waals surface area contributed by atoms with Crippen molar-refractivity contribution >= 4 is 28.3 Å². The highest BCUT2D eigenvalue weighted by molar-refractivity contribution is 7.13. The van der Waals surface area contributed by atoms with Gasteiger partial charge in [-0.2, -0.15) is 9.98 Å². The Morgan fingerprint density at radius 2 is 2.17 bits per heavy atom. The van der Waals surface area contributed by atoms with Gasteiger partial charge in [-0.25, -0.2) is 4.98 Å². The number of amidine groups is 1. The van der Waals surface area contributed by atoms with Crippen LogP contribution in [0.15, 0.2) is 39.8 Å². The van der Waals surface area contributed by atoms with Gasteiger partial charge in [0.1, 0.15) is 5.69 Å². The lowest BCUT2D eigenvalue weighted by molar-refractivity contribution is 1.23. The molecule has 92 valence electrons. The van der Waals surface area contributed by atoms with Gasteiger partial charge in [0.2, 0.25) is 11.1 Å². The van der Waals surface area contributed by atoms with Crippen molar-refractivity contribution in [3.8, 4) is 0 Å². The molecule has 2 heterocycles. The predicted molar refractivity (Wildman–Crippen MR) is 73.1 cm³/mol. The average molecular weight is 260 g/mol. The third-order valence-electron chi connectivity index (χ3n) is 1.98. The second kappa shape index (κ2) is 5.37. The second-order valence-electron chi connectivity index (χ2n) is 3.45. The van der Waals surface area contributed by atoms with E-state index in [9.17, 15) is 0 Å². The Morgan fingerprint density at radius 3 is 2.78 bits per heavy atom. The lowest BCUT2D eigenvalue weighted by Crippen LogP contribution is -2.20. The predicted octanol–water partition coefficient (Wildman–Crippen LogP) is 1.20. The van der Waals surface area contributed by atoms with Crippen molar-refractivity contribution in [3.05, 3.63) is 41.2 Å². The van der Waals surface area contributed by atoms with Crippen LogP contribution in [0.2, 0.25) is 0 Å². The number of thiazole rings is 1. The molecule has 0 amide bonds. The van der Waals surface area contributed by atoms with Crippen LogP contribution in [0.3, 0.4) is 0 Å². The first-order valence-corrected chi connectivity index (χ1v) is 6.05. The van der Waals surface area contributed by atoms with E-state index in [0.29, 0.717) is 10.8 Å². The van der Waals surface area contributed by atoms with Crippen molar-refractivity contribution in [2.75, 3.05) is 0 Å². The van der Waals surface area contributed by atoms with Crippen molar-refractivity contribution in [2.24, 2.45) is 21.5 Å². The topological polar surface area (TPSA) is 103 Å². The summed E-state index contributed by atoms with van der Waals surface area (Å²) in [6, 6.07) is 5.37. The number of pyridine rings is 1. The fourth-order valence-electron chi connectivity index (χ4n) is 1.21. The molecule has 0 bridgehead atoms. The van der Waals surface area contributed by atoms with Gasteiger partial charge in [-0.05, 0) is 19.1 Å². The zero-order valence-electron chi connectivity index (χ0n) is 9.74. The number of hydrogen-bond acceptors (Lipinski definition) is 4. The summed E-state index contributed by atoms with van der Waals surface area (Å²) in [5.41, 5.74) is 12.9. The minimum Gasteiger partial charge on any atom is -0.382 e. The molecule has 0 spiro atoms. The molecule has 0 unspecified atom stereocenters. The third-order valence-corrected chi connectivity index (χ3v) is 2.83. The first-order valence-electron chi connectivity index (χ1n) is 5.17. The lowest BCUT2D eigenvalue weighted by atomic mass is 10.3. The van der Waals surface area contributed by atoms with Gasteiger partial charge >= 0.3 is 0 Å². The van der Waals surface area contributed by atoms with Crippen molar-refractivity contribution in [1.29, 1.82) is 0 Å². The molecule has 2 rings (SSSR count). The first kappa shape index (κ1) is 12.2. The molecule has 0 radical (unpaired) electrons. The van der Waals surface area contributed by atoms with Crippen molar-refractivity contribution < 1.29 is 0 Å². The quantitative estimate of drug-likeness (QED) is 0.625. The summed E-state index contributed by atoms with van der Waals surface area (Å²) in [6.45, 7) is 1.89. The Balaban J connectivity index is 2.20. The molecule has 0 aromatic carbocycles. The zero-order chi connectivity index (χ0) is 13.0. The van der Waals surface area contributed by atoms with Crippen LogP contribution in [-0.2, 0) is 0 Å². The molecular weight excluding hydrogens is 248 g/mol. The monoisotopic (exact) mass is 260 g/mol. The third kappa shape index (κ3) is 3.11. The maximum atomic E-state index is 5.76. The first-order chi connectivity index (χ1) is 8.65. The van der Waals surface area contributed by atoms with Crippen LogP contribution in [0.5, 0.6) is 0 Å². The number of aliphatic imine (C=N–C) groups is 2. The van der Waals surface area contributed by atoms with E-state index in [-0.39, 0.29) is 11.8 Å². The summed E-state index contributed by atoms with van der Waals surface area (Å²) in [5, 5.41) is 2.44. The average Bonchev–Trinajstić information content (AvgIpc) is 2.75. The smallest absolute Gasteiger partial charge is 0.224 e. The zero-order valence-corrected chi connectivity index (χ0v) is 10.6. The van der Waals surface area contributed by atoms with Gasteiger partial charge in [-0.1, -0.05) is 6.07 Å². The summed E-state index contributed by atoms with van der Waals surface area (Å²) in [7, 11) is 0. The molecule has 7 heteroatoms. The Morgan fingerprint density at radius 1 is 1.33 bits per heavy atom. The molecule has 0 aliphatic rings. The van der Waals surface area contributed by atoms with E-state index in [0.717, 1.165) is 5.69 Å². The highest BCUT2D eigenvalue weighted by atomic mass is 32.1. The summed E-state index contributed by atoms with van der Waals surface area (Å²) >= 11 is 1.40. The van der Waals surface area contributed by atoms with Crippen molar-refractivity contribution in [1.82, 2.24) is 9.97 Å². The van der Waals surface area contributed by atoms with Gasteiger partial charge < -0.3 is 11.5 Å². The van der Waals surface area contributed by atoms with Crippen molar-refractivity contribution in [3.63, 3.8) is 0 Å². The molecular formula is C11H12N6S. The largest absolute Gasteiger partial charge is 0.382 e. The Kier molecular flexibility index (Phi) is 3.63. The number of nitrogens with two attached hydrogens (primary N) is 2. The molecule has 0 fully saturated rings. The van der Waals surface area contributed by atoms with Gasteiger partial charge in [0.05, 0.1) is 5.69 Å². The number of guanidine groups is 1. The standard InChI is InChI=1S/C11H12N6S/c1-7-6-18-11(15-7)17-10(13)16-9(12)8-4-2-3-5-14-8/h2-6H,1H3,(H4,12,13,15,16,17). The van der Waals surface area contributed by atoms with Crippen LogP contribution in [0.4, 0.5) is 5.13 Å². The Labute approximate surface area is 108 Å².